The first kappa shape index (κ1) is 16.0. The fraction of sp³-hybridized carbons (Fsp3) is 0.588. The molecule has 0 spiro atoms. The van der Waals surface area contributed by atoms with Gasteiger partial charge in [-0.05, 0) is 31.2 Å². The van der Waals surface area contributed by atoms with Crippen molar-refractivity contribution in [3.63, 3.8) is 0 Å². The highest BCUT2D eigenvalue weighted by molar-refractivity contribution is 5.71. The van der Waals surface area contributed by atoms with Gasteiger partial charge < -0.3 is 15.1 Å². The summed E-state index contributed by atoms with van der Waals surface area (Å²) in [7, 11) is 0. The van der Waals surface area contributed by atoms with Gasteiger partial charge in [0.2, 0.25) is 0 Å². The molecule has 0 aliphatic carbocycles. The van der Waals surface area contributed by atoms with Crippen molar-refractivity contribution in [1.82, 2.24) is 4.90 Å². The maximum atomic E-state index is 11.3. The van der Waals surface area contributed by atoms with E-state index in [4.69, 9.17) is 0 Å². The van der Waals surface area contributed by atoms with Gasteiger partial charge in [0.15, 0.2) is 0 Å². The van der Waals surface area contributed by atoms with Crippen LogP contribution >= 0.6 is 0 Å². The minimum atomic E-state index is -1.04. The van der Waals surface area contributed by atoms with Crippen LogP contribution in [0.4, 0.5) is 0 Å². The van der Waals surface area contributed by atoms with Gasteiger partial charge in [-0.1, -0.05) is 37.3 Å². The zero-order valence-corrected chi connectivity index (χ0v) is 12.7. The summed E-state index contributed by atoms with van der Waals surface area (Å²) in [6.45, 7) is 4.34. The van der Waals surface area contributed by atoms with Crippen molar-refractivity contribution in [2.24, 2.45) is 5.92 Å². The molecule has 1 aliphatic rings. The smallest absolute Gasteiger partial charge is 0.309 e. The van der Waals surface area contributed by atoms with Gasteiger partial charge in [-0.15, -0.1) is 0 Å². The van der Waals surface area contributed by atoms with Gasteiger partial charge in [0.05, 0.1) is 11.5 Å². The minimum absolute atomic E-state index is 0.482. The maximum absolute atomic E-state index is 11.3. The molecule has 0 bridgehead atoms. The molecule has 1 atom stereocenters. The zero-order chi connectivity index (χ0) is 15.3. The van der Waals surface area contributed by atoms with Crippen molar-refractivity contribution < 1.29 is 15.0 Å². The SMILES string of the molecule is CCC(C(=O)O)C1(O)CCN(CCc2ccccc2)CC1. The largest absolute Gasteiger partial charge is 0.481 e. The second kappa shape index (κ2) is 7.05. The van der Waals surface area contributed by atoms with Crippen LogP contribution in [0.15, 0.2) is 30.3 Å². The summed E-state index contributed by atoms with van der Waals surface area (Å²) in [5.74, 6) is -1.52. The molecule has 1 aliphatic heterocycles. The van der Waals surface area contributed by atoms with Crippen molar-refractivity contribution >= 4 is 5.97 Å². The first-order chi connectivity index (χ1) is 10.0. The van der Waals surface area contributed by atoms with Crippen LogP contribution in [0.2, 0.25) is 0 Å². The number of rotatable bonds is 6. The molecule has 1 aromatic rings. The van der Waals surface area contributed by atoms with E-state index in [0.717, 1.165) is 26.1 Å². The molecule has 0 saturated carbocycles. The fourth-order valence-corrected chi connectivity index (χ4v) is 3.23. The number of hydrogen-bond acceptors (Lipinski definition) is 3. The van der Waals surface area contributed by atoms with Gasteiger partial charge >= 0.3 is 5.97 Å². The normalized spacial score (nSPS) is 20.1. The van der Waals surface area contributed by atoms with E-state index in [-0.39, 0.29) is 0 Å². The Labute approximate surface area is 126 Å². The summed E-state index contributed by atoms with van der Waals surface area (Å²) in [5, 5.41) is 19.8. The van der Waals surface area contributed by atoms with Gasteiger partial charge in [-0.2, -0.15) is 0 Å². The van der Waals surface area contributed by atoms with Crippen molar-refractivity contribution in [1.29, 1.82) is 0 Å². The summed E-state index contributed by atoms with van der Waals surface area (Å²) in [5.41, 5.74) is 0.277. The molecule has 0 amide bonds. The summed E-state index contributed by atoms with van der Waals surface area (Å²) < 4.78 is 0. The third-order valence-electron chi connectivity index (χ3n) is 4.64. The van der Waals surface area contributed by atoms with Crippen LogP contribution in [-0.2, 0) is 11.2 Å². The molecule has 0 radical (unpaired) electrons. The van der Waals surface area contributed by atoms with E-state index in [1.165, 1.54) is 5.56 Å². The molecule has 1 unspecified atom stereocenters. The van der Waals surface area contributed by atoms with E-state index >= 15 is 0 Å². The topological polar surface area (TPSA) is 60.8 Å². The van der Waals surface area contributed by atoms with Gasteiger partial charge in [-0.25, -0.2) is 0 Å². The highest BCUT2D eigenvalue weighted by atomic mass is 16.4. The molecule has 4 nitrogen and oxygen atoms in total. The molecule has 1 saturated heterocycles. The Hall–Kier alpha value is -1.39. The number of nitrogens with zero attached hydrogens (tertiary/aromatic N) is 1. The number of hydrogen-bond donors (Lipinski definition) is 2. The molecule has 21 heavy (non-hydrogen) atoms. The fourth-order valence-electron chi connectivity index (χ4n) is 3.23. The molecule has 0 aromatic heterocycles. The highest BCUT2D eigenvalue weighted by Gasteiger charge is 2.42. The minimum Gasteiger partial charge on any atom is -0.481 e. The molecule has 1 aromatic carbocycles. The second-order valence-corrected chi connectivity index (χ2v) is 5.98. The third-order valence-corrected chi connectivity index (χ3v) is 4.64. The zero-order valence-electron chi connectivity index (χ0n) is 12.7. The standard InChI is InChI=1S/C17H25NO3/c1-2-15(16(19)20)17(21)9-12-18(13-10-17)11-8-14-6-4-3-5-7-14/h3-7,15,21H,2,8-13H2,1H3,(H,19,20). The van der Waals surface area contributed by atoms with E-state index in [2.05, 4.69) is 17.0 Å². The number of carboxylic acids is 1. The lowest BCUT2D eigenvalue weighted by molar-refractivity contribution is -0.156. The van der Waals surface area contributed by atoms with Crippen molar-refractivity contribution in [3.05, 3.63) is 35.9 Å². The Morgan fingerprint density at radius 1 is 1.29 bits per heavy atom. The number of likely N-dealkylation sites (tertiary alicyclic amines) is 1. The van der Waals surface area contributed by atoms with Crippen LogP contribution in [-0.4, -0.2) is 46.3 Å². The molecule has 4 heteroatoms. The summed E-state index contributed by atoms with van der Waals surface area (Å²) >= 11 is 0. The van der Waals surface area contributed by atoms with Crippen molar-refractivity contribution in [2.45, 2.75) is 38.2 Å². The van der Waals surface area contributed by atoms with E-state index in [1.54, 1.807) is 0 Å². The van der Waals surface area contributed by atoms with E-state index in [9.17, 15) is 15.0 Å². The monoisotopic (exact) mass is 291 g/mol. The number of carboxylic acid groups (broad SMARTS) is 1. The van der Waals surface area contributed by atoms with Crippen LogP contribution < -0.4 is 0 Å². The summed E-state index contributed by atoms with van der Waals surface area (Å²) in [6.07, 6.45) is 2.57. The van der Waals surface area contributed by atoms with E-state index in [1.807, 2.05) is 25.1 Å². The van der Waals surface area contributed by atoms with Gasteiger partial charge in [0.1, 0.15) is 0 Å². The van der Waals surface area contributed by atoms with Gasteiger partial charge in [0.25, 0.3) is 0 Å². The van der Waals surface area contributed by atoms with Gasteiger partial charge in [-0.3, -0.25) is 4.79 Å². The summed E-state index contributed by atoms with van der Waals surface area (Å²) in [4.78, 5) is 13.6. The number of benzene rings is 1. The Balaban J connectivity index is 1.84. The quantitative estimate of drug-likeness (QED) is 0.843. The van der Waals surface area contributed by atoms with Crippen LogP contribution in [0.5, 0.6) is 0 Å². The summed E-state index contributed by atoms with van der Waals surface area (Å²) in [6, 6.07) is 10.4. The van der Waals surface area contributed by atoms with Crippen LogP contribution in [0, 0.1) is 5.92 Å². The highest BCUT2D eigenvalue weighted by Crippen LogP contribution is 2.32. The first-order valence-corrected chi connectivity index (χ1v) is 7.76. The number of aliphatic carboxylic acids is 1. The Kier molecular flexibility index (Phi) is 5.37. The van der Waals surface area contributed by atoms with E-state index < -0.39 is 17.5 Å². The Morgan fingerprint density at radius 2 is 1.90 bits per heavy atom. The van der Waals surface area contributed by atoms with Crippen LogP contribution in [0.1, 0.15) is 31.7 Å². The van der Waals surface area contributed by atoms with Crippen LogP contribution in [0.3, 0.4) is 0 Å². The first-order valence-electron chi connectivity index (χ1n) is 7.76. The molecule has 2 N–H and O–H groups in total. The lowest BCUT2D eigenvalue weighted by Gasteiger charge is -2.41. The molecule has 1 heterocycles. The Morgan fingerprint density at radius 3 is 2.43 bits per heavy atom. The average Bonchev–Trinajstić information content (AvgIpc) is 2.48. The molecule has 116 valence electrons. The van der Waals surface area contributed by atoms with E-state index in [0.29, 0.717) is 19.3 Å². The Bertz CT molecular complexity index is 452. The van der Waals surface area contributed by atoms with Crippen LogP contribution in [0.25, 0.3) is 0 Å². The molecule has 2 rings (SSSR count). The molecular weight excluding hydrogens is 266 g/mol. The second-order valence-electron chi connectivity index (χ2n) is 5.98. The number of piperidine rings is 1. The predicted molar refractivity (Wildman–Crippen MR) is 82.2 cm³/mol. The molecular formula is C17H25NO3. The molecule has 1 fully saturated rings. The average molecular weight is 291 g/mol. The predicted octanol–water partition coefficient (Wildman–Crippen LogP) is 2.17. The lowest BCUT2D eigenvalue weighted by Crippen LogP contribution is -2.51. The third kappa shape index (κ3) is 4.05. The number of carbonyl (C=O) groups is 1. The maximum Gasteiger partial charge on any atom is 0.309 e. The van der Waals surface area contributed by atoms with Crippen molar-refractivity contribution in [3.8, 4) is 0 Å². The number of aliphatic hydroxyl groups is 1. The van der Waals surface area contributed by atoms with Crippen molar-refractivity contribution in [2.75, 3.05) is 19.6 Å². The lowest BCUT2D eigenvalue weighted by atomic mass is 9.78. The van der Waals surface area contributed by atoms with Gasteiger partial charge in [0, 0.05) is 19.6 Å².